The molecule has 3 amide bonds. The lowest BCUT2D eigenvalue weighted by molar-refractivity contribution is -0.136. The van der Waals surface area contributed by atoms with Crippen molar-refractivity contribution in [3.63, 3.8) is 0 Å². The summed E-state index contributed by atoms with van der Waals surface area (Å²) in [4.78, 5) is 39.5. The molecule has 0 saturated heterocycles. The van der Waals surface area contributed by atoms with Gasteiger partial charge in [0.25, 0.3) is 11.8 Å². The van der Waals surface area contributed by atoms with Gasteiger partial charge >= 0.3 is 0 Å². The smallest absolute Gasteiger partial charge is 0.259 e. The number of aromatic amines is 1. The van der Waals surface area contributed by atoms with E-state index >= 15 is 0 Å². The molecule has 9 nitrogen and oxygen atoms in total. The van der Waals surface area contributed by atoms with Crippen LogP contribution in [0.4, 0.5) is 0 Å². The van der Waals surface area contributed by atoms with E-state index in [0.717, 1.165) is 11.1 Å². The van der Waals surface area contributed by atoms with Crippen LogP contribution in [0.2, 0.25) is 0 Å². The molecule has 158 valence electrons. The van der Waals surface area contributed by atoms with Crippen molar-refractivity contribution in [3.05, 3.63) is 59.4 Å². The largest absolute Gasteiger partial charge is 0.497 e. The summed E-state index contributed by atoms with van der Waals surface area (Å²) in [5, 5.41) is 9.12. The number of amides is 3. The highest BCUT2D eigenvalue weighted by molar-refractivity contribution is 6.19. The minimum absolute atomic E-state index is 0.0801. The molecule has 3 rings (SSSR count). The summed E-state index contributed by atoms with van der Waals surface area (Å²) in [6.45, 7) is 0.293. The number of aromatic nitrogens is 2. The number of methoxy groups -OCH3 is 1. The van der Waals surface area contributed by atoms with E-state index < -0.39 is 23.1 Å². The number of hydrogen-bond acceptors (Lipinski definition) is 5. The molecule has 1 aromatic carbocycles. The first-order valence-electron chi connectivity index (χ1n) is 9.53. The van der Waals surface area contributed by atoms with Crippen LogP contribution in [0.1, 0.15) is 17.5 Å². The Kier molecular flexibility index (Phi) is 6.20. The molecule has 1 unspecified atom stereocenters. The predicted octanol–water partition coefficient (Wildman–Crippen LogP) is 0.537. The molecular weight excluding hydrogens is 386 g/mol. The zero-order valence-corrected chi connectivity index (χ0v) is 17.0. The van der Waals surface area contributed by atoms with Crippen molar-refractivity contribution >= 4 is 17.7 Å². The molecule has 1 aromatic heterocycles. The third-order valence-electron chi connectivity index (χ3n) is 5.30. The van der Waals surface area contributed by atoms with Crippen molar-refractivity contribution in [2.24, 2.45) is 11.1 Å². The molecule has 1 aliphatic rings. The number of carbonyl (C=O) groups excluding carboxylic acids is 3. The molecule has 0 spiro atoms. The summed E-state index contributed by atoms with van der Waals surface area (Å²) in [5.74, 6) is -0.933. The van der Waals surface area contributed by atoms with Gasteiger partial charge in [0.15, 0.2) is 0 Å². The highest BCUT2D eigenvalue weighted by atomic mass is 16.5. The van der Waals surface area contributed by atoms with E-state index in [4.69, 9.17) is 10.5 Å². The maximum atomic E-state index is 13.0. The van der Waals surface area contributed by atoms with Crippen LogP contribution in [0, 0.1) is 5.41 Å². The van der Waals surface area contributed by atoms with Gasteiger partial charge in [-0.1, -0.05) is 12.1 Å². The Morgan fingerprint density at radius 1 is 1.37 bits per heavy atom. The zero-order valence-electron chi connectivity index (χ0n) is 17.0. The molecule has 0 radical (unpaired) electrons. The fraction of sp³-hybridized carbons (Fsp3) is 0.333. The number of ether oxygens (including phenoxy) is 1. The van der Waals surface area contributed by atoms with E-state index in [-0.39, 0.29) is 18.7 Å². The first-order valence-corrected chi connectivity index (χ1v) is 9.53. The molecule has 4 N–H and O–H groups in total. The number of aryl methyl sites for hydroxylation is 1. The quantitative estimate of drug-likeness (QED) is 0.546. The zero-order chi connectivity index (χ0) is 21.7. The number of hydrogen-bond donors (Lipinski definition) is 3. The van der Waals surface area contributed by atoms with Crippen LogP contribution in [0.3, 0.4) is 0 Å². The molecule has 0 aliphatic carbocycles. The Bertz CT molecular complexity index is 970. The summed E-state index contributed by atoms with van der Waals surface area (Å²) in [6.07, 6.45) is 5.68. The Hall–Kier alpha value is -3.62. The average Bonchev–Trinajstić information content (AvgIpc) is 3.27. The van der Waals surface area contributed by atoms with Crippen molar-refractivity contribution in [3.8, 4) is 5.75 Å². The summed E-state index contributed by atoms with van der Waals surface area (Å²) >= 11 is 0. The lowest BCUT2D eigenvalue weighted by atomic mass is 9.76. The Labute approximate surface area is 174 Å². The summed E-state index contributed by atoms with van der Waals surface area (Å²) in [5.41, 5.74) is 6.25. The van der Waals surface area contributed by atoms with Crippen LogP contribution in [0.5, 0.6) is 5.75 Å². The summed E-state index contributed by atoms with van der Waals surface area (Å²) in [7, 11) is 3.00. The monoisotopic (exact) mass is 411 g/mol. The van der Waals surface area contributed by atoms with Gasteiger partial charge in [-0.25, -0.2) is 0 Å². The second-order valence-electron chi connectivity index (χ2n) is 7.28. The molecule has 0 fully saturated rings. The van der Waals surface area contributed by atoms with Gasteiger partial charge in [-0.05, 0) is 42.2 Å². The van der Waals surface area contributed by atoms with Crippen LogP contribution < -0.4 is 15.8 Å². The first-order chi connectivity index (χ1) is 14.4. The van der Waals surface area contributed by atoms with E-state index in [9.17, 15) is 14.4 Å². The van der Waals surface area contributed by atoms with E-state index in [2.05, 4.69) is 15.5 Å². The number of benzene rings is 1. The fourth-order valence-corrected chi connectivity index (χ4v) is 3.59. The number of nitrogens with two attached hydrogens (primary N) is 1. The molecule has 1 atom stereocenters. The molecule has 1 aliphatic heterocycles. The van der Waals surface area contributed by atoms with E-state index in [1.807, 2.05) is 18.2 Å². The minimum atomic E-state index is -1.17. The molecule has 9 heteroatoms. The van der Waals surface area contributed by atoms with Gasteiger partial charge in [-0.3, -0.25) is 19.5 Å². The average molecular weight is 411 g/mol. The Morgan fingerprint density at radius 3 is 2.80 bits per heavy atom. The lowest BCUT2D eigenvalue weighted by Gasteiger charge is -2.38. The van der Waals surface area contributed by atoms with Gasteiger partial charge in [0, 0.05) is 26.3 Å². The van der Waals surface area contributed by atoms with E-state index in [0.29, 0.717) is 18.6 Å². The van der Waals surface area contributed by atoms with Gasteiger partial charge in [0.2, 0.25) is 5.91 Å². The Morgan fingerprint density at radius 2 is 2.17 bits per heavy atom. The van der Waals surface area contributed by atoms with Gasteiger partial charge in [-0.15, -0.1) is 0 Å². The molecule has 2 heterocycles. The molecule has 30 heavy (non-hydrogen) atoms. The van der Waals surface area contributed by atoms with Crippen molar-refractivity contribution < 1.29 is 19.1 Å². The topological polar surface area (TPSA) is 130 Å². The third-order valence-corrected chi connectivity index (χ3v) is 5.30. The van der Waals surface area contributed by atoms with Gasteiger partial charge < -0.3 is 20.7 Å². The number of nitrogens with one attached hydrogen (secondary N) is 2. The van der Waals surface area contributed by atoms with Gasteiger partial charge in [0.1, 0.15) is 11.3 Å². The van der Waals surface area contributed by atoms with E-state index in [1.165, 1.54) is 18.0 Å². The van der Waals surface area contributed by atoms with Crippen LogP contribution in [0.25, 0.3) is 0 Å². The second-order valence-corrected chi connectivity index (χ2v) is 7.28. The normalized spacial score (nSPS) is 18.7. The minimum Gasteiger partial charge on any atom is -0.497 e. The summed E-state index contributed by atoms with van der Waals surface area (Å²) < 4.78 is 5.24. The van der Waals surface area contributed by atoms with Crippen molar-refractivity contribution in [2.75, 3.05) is 20.7 Å². The van der Waals surface area contributed by atoms with E-state index in [1.54, 1.807) is 25.6 Å². The fourth-order valence-electron chi connectivity index (χ4n) is 3.59. The number of carbonyl (C=O) groups is 3. The number of primary amides is 1. The van der Waals surface area contributed by atoms with Crippen molar-refractivity contribution in [1.29, 1.82) is 0 Å². The highest BCUT2D eigenvalue weighted by Crippen LogP contribution is 2.34. The maximum Gasteiger partial charge on any atom is 0.259 e. The first kappa shape index (κ1) is 21.1. The SMILES string of the molecule is CNC(=O)C1=CC(CCc2cn[nH]c2)(C(N)=O)CN(Cc2cccc(OC)c2)C1=O. The lowest BCUT2D eigenvalue weighted by Crippen LogP contribution is -2.53. The molecule has 0 saturated carbocycles. The standard InChI is InChI=1S/C21H25N5O4/c1-23-18(27)17-9-21(20(22)29,7-6-15-10-24-25-11-15)13-26(19(17)28)12-14-4-3-5-16(8-14)30-2/h3-5,8-11H,6-7,12-13H2,1-2H3,(H2,22,29)(H,23,27)(H,24,25). The van der Waals surface area contributed by atoms with Crippen LogP contribution in [-0.2, 0) is 27.3 Å². The molecular formula is C21H25N5O4. The maximum absolute atomic E-state index is 13.0. The van der Waals surface area contributed by atoms with Gasteiger partial charge in [0.05, 0.1) is 18.7 Å². The van der Waals surface area contributed by atoms with Crippen molar-refractivity contribution in [1.82, 2.24) is 20.4 Å². The Balaban J connectivity index is 1.95. The highest BCUT2D eigenvalue weighted by Gasteiger charge is 2.44. The number of rotatable bonds is 8. The van der Waals surface area contributed by atoms with Crippen LogP contribution in [0.15, 0.2) is 48.3 Å². The number of likely N-dealkylation sites (N-methyl/N-ethyl adjacent to an activating group) is 1. The molecule has 2 aromatic rings. The number of H-pyrrole nitrogens is 1. The second kappa shape index (κ2) is 8.81. The van der Waals surface area contributed by atoms with Crippen molar-refractivity contribution in [2.45, 2.75) is 19.4 Å². The molecule has 0 bridgehead atoms. The van der Waals surface area contributed by atoms with Gasteiger partial charge in [-0.2, -0.15) is 5.10 Å². The third kappa shape index (κ3) is 4.35. The van der Waals surface area contributed by atoms with Crippen LogP contribution in [-0.4, -0.2) is 53.5 Å². The number of nitrogens with zero attached hydrogens (tertiary/aromatic N) is 2. The summed E-state index contributed by atoms with van der Waals surface area (Å²) in [6, 6.07) is 7.28. The van der Waals surface area contributed by atoms with Crippen LogP contribution >= 0.6 is 0 Å². The predicted molar refractivity (Wildman–Crippen MR) is 109 cm³/mol.